The standard InChI is InChI=1S/C27H28N4O2/c1-19-23(18-21-10-7-9-20-8-3-4-11-22(20)21)26(32)29-27(28-19)31-16-14-30(15-17-31)24-12-5-6-13-25(24)33-2/h3-13H,14-18H2,1-2H3,(H,28,29,32). The van der Waals surface area contributed by atoms with Crippen LogP contribution in [0.1, 0.15) is 16.8 Å². The summed E-state index contributed by atoms with van der Waals surface area (Å²) in [6.45, 7) is 5.16. The second-order valence-corrected chi connectivity index (χ2v) is 8.41. The fourth-order valence-corrected chi connectivity index (χ4v) is 4.64. The van der Waals surface area contributed by atoms with E-state index in [0.717, 1.165) is 54.4 Å². The maximum atomic E-state index is 13.1. The largest absolute Gasteiger partial charge is 0.495 e. The predicted octanol–water partition coefficient (Wildman–Crippen LogP) is 4.16. The molecule has 33 heavy (non-hydrogen) atoms. The van der Waals surface area contributed by atoms with E-state index in [2.05, 4.69) is 45.1 Å². The monoisotopic (exact) mass is 440 g/mol. The van der Waals surface area contributed by atoms with E-state index in [9.17, 15) is 4.79 Å². The lowest BCUT2D eigenvalue weighted by atomic mass is 9.98. The van der Waals surface area contributed by atoms with Crippen molar-refractivity contribution in [2.24, 2.45) is 0 Å². The van der Waals surface area contributed by atoms with Gasteiger partial charge in [0.1, 0.15) is 5.75 Å². The first kappa shape index (κ1) is 21.1. The van der Waals surface area contributed by atoms with Crippen LogP contribution in [0.15, 0.2) is 71.5 Å². The lowest BCUT2D eigenvalue weighted by molar-refractivity contribution is 0.413. The fourth-order valence-electron chi connectivity index (χ4n) is 4.64. The number of nitrogens with zero attached hydrogens (tertiary/aromatic N) is 3. The van der Waals surface area contributed by atoms with E-state index in [1.165, 1.54) is 10.8 Å². The highest BCUT2D eigenvalue weighted by Crippen LogP contribution is 2.29. The molecule has 6 nitrogen and oxygen atoms in total. The number of rotatable bonds is 5. The highest BCUT2D eigenvalue weighted by atomic mass is 16.5. The molecular weight excluding hydrogens is 412 g/mol. The van der Waals surface area contributed by atoms with Gasteiger partial charge in [0.15, 0.2) is 0 Å². The minimum atomic E-state index is -0.0578. The van der Waals surface area contributed by atoms with E-state index >= 15 is 0 Å². The number of H-pyrrole nitrogens is 1. The summed E-state index contributed by atoms with van der Waals surface area (Å²) in [5.41, 5.74) is 3.69. The normalized spacial score (nSPS) is 14.0. The molecule has 1 N–H and O–H groups in total. The number of piperazine rings is 1. The fraction of sp³-hybridized carbons (Fsp3) is 0.259. The average molecular weight is 441 g/mol. The Balaban J connectivity index is 1.35. The average Bonchev–Trinajstić information content (AvgIpc) is 2.86. The molecule has 1 aliphatic rings. The number of fused-ring (bicyclic) bond motifs is 1. The number of nitrogens with one attached hydrogen (secondary N) is 1. The van der Waals surface area contributed by atoms with Crippen LogP contribution in [0.3, 0.4) is 0 Å². The molecule has 1 aliphatic heterocycles. The van der Waals surface area contributed by atoms with Gasteiger partial charge in [-0.15, -0.1) is 0 Å². The second kappa shape index (κ2) is 8.98. The molecule has 6 heteroatoms. The molecule has 1 aromatic heterocycles. The Morgan fingerprint density at radius 3 is 2.39 bits per heavy atom. The van der Waals surface area contributed by atoms with Crippen molar-refractivity contribution in [3.05, 3.63) is 93.9 Å². The highest BCUT2D eigenvalue weighted by molar-refractivity contribution is 5.85. The van der Waals surface area contributed by atoms with Crippen molar-refractivity contribution in [1.82, 2.24) is 9.97 Å². The Labute approximate surface area is 193 Å². The van der Waals surface area contributed by atoms with Crippen molar-refractivity contribution in [1.29, 1.82) is 0 Å². The van der Waals surface area contributed by atoms with Crippen LogP contribution in [0.25, 0.3) is 10.8 Å². The predicted molar refractivity (Wildman–Crippen MR) is 134 cm³/mol. The number of methoxy groups -OCH3 is 1. The van der Waals surface area contributed by atoms with Crippen LogP contribution >= 0.6 is 0 Å². The number of hydrogen-bond donors (Lipinski definition) is 1. The first-order chi connectivity index (χ1) is 16.1. The van der Waals surface area contributed by atoms with Crippen LogP contribution in [-0.4, -0.2) is 43.3 Å². The van der Waals surface area contributed by atoms with Crippen LogP contribution in [0.5, 0.6) is 5.75 Å². The van der Waals surface area contributed by atoms with E-state index in [4.69, 9.17) is 9.72 Å². The van der Waals surface area contributed by atoms with Gasteiger partial charge in [-0.2, -0.15) is 0 Å². The Kier molecular flexibility index (Phi) is 5.73. The van der Waals surface area contributed by atoms with Crippen molar-refractivity contribution in [2.45, 2.75) is 13.3 Å². The van der Waals surface area contributed by atoms with Gasteiger partial charge in [-0.25, -0.2) is 4.98 Å². The number of aryl methyl sites for hydroxylation is 1. The summed E-state index contributed by atoms with van der Waals surface area (Å²) in [4.78, 5) is 25.4. The highest BCUT2D eigenvalue weighted by Gasteiger charge is 2.22. The summed E-state index contributed by atoms with van der Waals surface area (Å²) in [7, 11) is 1.70. The maximum absolute atomic E-state index is 13.1. The summed E-state index contributed by atoms with van der Waals surface area (Å²) >= 11 is 0. The Bertz CT molecular complexity index is 1330. The van der Waals surface area contributed by atoms with Crippen molar-refractivity contribution in [2.75, 3.05) is 43.1 Å². The Hall–Kier alpha value is -3.80. The van der Waals surface area contributed by atoms with E-state index in [0.29, 0.717) is 12.4 Å². The molecule has 0 radical (unpaired) electrons. The molecule has 1 saturated heterocycles. The van der Waals surface area contributed by atoms with Crippen LogP contribution in [0.2, 0.25) is 0 Å². The molecule has 1 fully saturated rings. The van der Waals surface area contributed by atoms with Gasteiger partial charge >= 0.3 is 0 Å². The zero-order chi connectivity index (χ0) is 22.8. The van der Waals surface area contributed by atoms with Crippen molar-refractivity contribution >= 4 is 22.4 Å². The molecule has 0 spiro atoms. The van der Waals surface area contributed by atoms with Crippen molar-refractivity contribution in [3.8, 4) is 5.75 Å². The zero-order valence-corrected chi connectivity index (χ0v) is 19.0. The van der Waals surface area contributed by atoms with Gasteiger partial charge in [0, 0.05) is 38.2 Å². The zero-order valence-electron chi connectivity index (χ0n) is 19.0. The molecule has 0 atom stereocenters. The number of anilines is 2. The third-order valence-electron chi connectivity index (χ3n) is 6.46. The van der Waals surface area contributed by atoms with Crippen LogP contribution in [0, 0.1) is 6.92 Å². The van der Waals surface area contributed by atoms with Gasteiger partial charge in [0.2, 0.25) is 5.95 Å². The van der Waals surface area contributed by atoms with Crippen molar-refractivity contribution < 1.29 is 4.74 Å². The first-order valence-corrected chi connectivity index (χ1v) is 11.3. The second-order valence-electron chi connectivity index (χ2n) is 8.41. The molecule has 0 saturated carbocycles. The summed E-state index contributed by atoms with van der Waals surface area (Å²) < 4.78 is 5.52. The van der Waals surface area contributed by atoms with Gasteiger partial charge in [0.05, 0.1) is 18.5 Å². The molecular formula is C27H28N4O2. The van der Waals surface area contributed by atoms with E-state index < -0.39 is 0 Å². The number of para-hydroxylation sites is 2. The molecule has 4 aromatic rings. The number of hydrogen-bond acceptors (Lipinski definition) is 5. The summed E-state index contributed by atoms with van der Waals surface area (Å²) in [5, 5.41) is 2.36. The quantitative estimate of drug-likeness (QED) is 0.505. The third-order valence-corrected chi connectivity index (χ3v) is 6.46. The molecule has 0 aliphatic carbocycles. The molecule has 5 rings (SSSR count). The molecule has 168 valence electrons. The van der Waals surface area contributed by atoms with E-state index in [1.54, 1.807) is 7.11 Å². The molecule has 3 aromatic carbocycles. The number of ether oxygens (including phenoxy) is 1. The molecule has 0 bridgehead atoms. The van der Waals surface area contributed by atoms with Gasteiger partial charge in [-0.05, 0) is 35.4 Å². The summed E-state index contributed by atoms with van der Waals surface area (Å²) in [6, 6.07) is 22.6. The van der Waals surface area contributed by atoms with Crippen LogP contribution in [0.4, 0.5) is 11.6 Å². The van der Waals surface area contributed by atoms with Crippen molar-refractivity contribution in [3.63, 3.8) is 0 Å². The SMILES string of the molecule is COc1ccccc1N1CCN(c2nc(C)c(Cc3cccc4ccccc34)c(=O)[nH]2)CC1. The Morgan fingerprint density at radius 1 is 0.909 bits per heavy atom. The van der Waals surface area contributed by atoms with E-state index in [1.807, 2.05) is 43.3 Å². The van der Waals surface area contributed by atoms with Gasteiger partial charge in [-0.1, -0.05) is 54.6 Å². The summed E-state index contributed by atoms with van der Waals surface area (Å²) in [6.07, 6.45) is 0.567. The lowest BCUT2D eigenvalue weighted by Gasteiger charge is -2.37. The topological polar surface area (TPSA) is 61.5 Å². The third kappa shape index (κ3) is 4.16. The van der Waals surface area contributed by atoms with Gasteiger partial charge in [0.25, 0.3) is 5.56 Å². The van der Waals surface area contributed by atoms with Gasteiger partial charge < -0.3 is 14.5 Å². The number of aromatic amines is 1. The maximum Gasteiger partial charge on any atom is 0.256 e. The molecule has 0 amide bonds. The minimum absolute atomic E-state index is 0.0578. The van der Waals surface area contributed by atoms with E-state index in [-0.39, 0.29) is 5.56 Å². The Morgan fingerprint density at radius 2 is 1.61 bits per heavy atom. The molecule has 2 heterocycles. The molecule has 0 unspecified atom stereocenters. The lowest BCUT2D eigenvalue weighted by Crippen LogP contribution is -2.47. The minimum Gasteiger partial charge on any atom is -0.495 e. The first-order valence-electron chi connectivity index (χ1n) is 11.3. The van der Waals surface area contributed by atoms with Crippen LogP contribution < -0.4 is 20.1 Å². The summed E-state index contributed by atoms with van der Waals surface area (Å²) in [5.74, 6) is 1.53. The smallest absolute Gasteiger partial charge is 0.256 e. The van der Waals surface area contributed by atoms with Gasteiger partial charge in [-0.3, -0.25) is 9.78 Å². The number of aromatic nitrogens is 2. The number of benzene rings is 3. The van der Waals surface area contributed by atoms with Crippen LogP contribution in [-0.2, 0) is 6.42 Å².